The molecule has 0 spiro atoms. The van der Waals surface area contributed by atoms with Crippen molar-refractivity contribution in [2.45, 2.75) is 13.0 Å². The smallest absolute Gasteiger partial charge is 0.281 e. The lowest BCUT2D eigenvalue weighted by Gasteiger charge is -2.29. The number of fused-ring (bicyclic) bond motifs is 2. The normalized spacial score (nSPS) is 15.5. The summed E-state index contributed by atoms with van der Waals surface area (Å²) >= 11 is 0. The number of benzene rings is 1. The fourth-order valence-electron chi connectivity index (χ4n) is 3.16. The summed E-state index contributed by atoms with van der Waals surface area (Å²) in [6.45, 7) is 0.371. The minimum absolute atomic E-state index is 0.105. The molecule has 0 saturated carbocycles. The van der Waals surface area contributed by atoms with E-state index >= 15 is 0 Å². The van der Waals surface area contributed by atoms with Gasteiger partial charge in [0.1, 0.15) is 0 Å². The highest BCUT2D eigenvalue weighted by Crippen LogP contribution is 2.22. The molecule has 3 aromatic rings. The van der Waals surface area contributed by atoms with E-state index in [-0.39, 0.29) is 18.6 Å². The average Bonchev–Trinajstić information content (AvgIpc) is 3.06. The molecule has 0 amide bonds. The molecule has 136 valence electrons. The summed E-state index contributed by atoms with van der Waals surface area (Å²) in [5.41, 5.74) is 3.13. The Hall–Kier alpha value is -2.49. The lowest BCUT2D eigenvalue weighted by molar-refractivity contribution is 0.353. The molecule has 9 heteroatoms. The second kappa shape index (κ2) is 6.04. The van der Waals surface area contributed by atoms with E-state index in [1.165, 1.54) is 27.2 Å². The molecule has 2 aromatic heterocycles. The van der Waals surface area contributed by atoms with Gasteiger partial charge < -0.3 is 0 Å². The Kier molecular flexibility index (Phi) is 3.94. The van der Waals surface area contributed by atoms with Gasteiger partial charge in [-0.2, -0.15) is 17.0 Å². The Morgan fingerprint density at radius 1 is 1.19 bits per heavy atom. The highest BCUT2D eigenvalue weighted by molar-refractivity contribution is 7.86. The molecule has 3 heterocycles. The number of H-pyrrole nitrogens is 1. The molecular weight excluding hydrogens is 354 g/mol. The first kappa shape index (κ1) is 17.0. The topological polar surface area (TPSA) is 90.8 Å². The van der Waals surface area contributed by atoms with Crippen molar-refractivity contribution in [3.05, 3.63) is 58.0 Å². The molecule has 26 heavy (non-hydrogen) atoms. The van der Waals surface area contributed by atoms with Gasteiger partial charge in [-0.1, -0.05) is 30.3 Å². The fourth-order valence-corrected chi connectivity index (χ4v) is 4.23. The lowest BCUT2D eigenvalue weighted by Crippen LogP contribution is -2.44. The first-order valence-corrected chi connectivity index (χ1v) is 9.64. The van der Waals surface area contributed by atoms with Crippen LogP contribution in [-0.2, 0) is 23.2 Å². The number of hydrogen-bond acceptors (Lipinski definition) is 4. The van der Waals surface area contributed by atoms with Crippen LogP contribution in [0.2, 0.25) is 0 Å². The first-order chi connectivity index (χ1) is 12.4. The van der Waals surface area contributed by atoms with Crippen LogP contribution < -0.4 is 5.56 Å². The summed E-state index contributed by atoms with van der Waals surface area (Å²) in [7, 11) is -0.547. The van der Waals surface area contributed by atoms with Crippen molar-refractivity contribution in [2.75, 3.05) is 20.6 Å². The summed E-state index contributed by atoms with van der Waals surface area (Å²) in [4.78, 5) is 17.4. The van der Waals surface area contributed by atoms with Gasteiger partial charge in [0.2, 0.25) is 0 Å². The van der Waals surface area contributed by atoms with Gasteiger partial charge in [-0.3, -0.25) is 9.89 Å². The maximum atomic E-state index is 12.8. The standard InChI is InChI=1S/C17H19N5O3S/c1-20(2)26(24,25)21-9-8-13-15(11-21)18-16-10-14(19-22(16)17(13)23)12-6-4-3-5-7-12/h3-7,10,19H,8-9,11H2,1-2H3. The Balaban J connectivity index is 1.80. The SMILES string of the molecule is CN(C)S(=O)(=O)N1CCc2c(nc3cc(-c4ccccc4)[nH]n3c2=O)C1. The Morgan fingerprint density at radius 2 is 1.92 bits per heavy atom. The van der Waals surface area contributed by atoms with E-state index in [4.69, 9.17) is 0 Å². The molecule has 4 rings (SSSR count). The van der Waals surface area contributed by atoms with Gasteiger partial charge in [-0.05, 0) is 12.0 Å². The summed E-state index contributed by atoms with van der Waals surface area (Å²) in [6.07, 6.45) is 0.344. The third kappa shape index (κ3) is 2.64. The third-order valence-electron chi connectivity index (χ3n) is 4.60. The maximum Gasteiger partial charge on any atom is 0.281 e. The maximum absolute atomic E-state index is 12.8. The predicted octanol–water partition coefficient (Wildman–Crippen LogP) is 0.854. The van der Waals surface area contributed by atoms with Crippen molar-refractivity contribution < 1.29 is 8.42 Å². The summed E-state index contributed by atoms with van der Waals surface area (Å²) < 4.78 is 28.7. The molecule has 1 aliphatic heterocycles. The summed E-state index contributed by atoms with van der Waals surface area (Å²) in [5.74, 6) is 0. The molecule has 0 atom stereocenters. The van der Waals surface area contributed by atoms with E-state index in [1.807, 2.05) is 30.3 Å². The zero-order valence-electron chi connectivity index (χ0n) is 14.5. The van der Waals surface area contributed by atoms with Gasteiger partial charge in [0.25, 0.3) is 15.8 Å². The van der Waals surface area contributed by atoms with Crippen LogP contribution >= 0.6 is 0 Å². The van der Waals surface area contributed by atoms with Crippen molar-refractivity contribution in [1.29, 1.82) is 0 Å². The molecule has 0 aliphatic carbocycles. The van der Waals surface area contributed by atoms with E-state index in [0.29, 0.717) is 23.3 Å². The minimum atomic E-state index is -3.54. The molecule has 0 unspecified atom stereocenters. The van der Waals surface area contributed by atoms with Crippen LogP contribution in [0.25, 0.3) is 16.9 Å². The highest BCUT2D eigenvalue weighted by atomic mass is 32.2. The summed E-state index contributed by atoms with van der Waals surface area (Å²) in [6, 6.07) is 11.5. The molecule has 1 N–H and O–H groups in total. The van der Waals surface area contributed by atoms with Gasteiger partial charge in [0.05, 0.1) is 17.9 Å². The van der Waals surface area contributed by atoms with Crippen LogP contribution in [0.1, 0.15) is 11.3 Å². The van der Waals surface area contributed by atoms with E-state index in [9.17, 15) is 13.2 Å². The van der Waals surface area contributed by atoms with Crippen molar-refractivity contribution in [1.82, 2.24) is 23.2 Å². The van der Waals surface area contributed by atoms with Crippen LogP contribution in [-0.4, -0.2) is 52.3 Å². The highest BCUT2D eigenvalue weighted by Gasteiger charge is 2.31. The average molecular weight is 373 g/mol. The molecule has 8 nitrogen and oxygen atoms in total. The van der Waals surface area contributed by atoms with Crippen LogP contribution in [0.3, 0.4) is 0 Å². The Labute approximate surface area is 150 Å². The van der Waals surface area contributed by atoms with E-state index in [0.717, 1.165) is 11.3 Å². The molecular formula is C17H19N5O3S. The van der Waals surface area contributed by atoms with Gasteiger partial charge >= 0.3 is 0 Å². The number of aromatic amines is 1. The number of aromatic nitrogens is 3. The second-order valence-electron chi connectivity index (χ2n) is 6.45. The molecule has 1 aromatic carbocycles. The van der Waals surface area contributed by atoms with Crippen molar-refractivity contribution >= 4 is 15.9 Å². The van der Waals surface area contributed by atoms with E-state index < -0.39 is 10.2 Å². The third-order valence-corrected chi connectivity index (χ3v) is 6.49. The lowest BCUT2D eigenvalue weighted by atomic mass is 10.1. The van der Waals surface area contributed by atoms with Crippen LogP contribution in [0.4, 0.5) is 0 Å². The first-order valence-electron chi connectivity index (χ1n) is 8.24. The molecule has 0 bridgehead atoms. The number of nitrogens with one attached hydrogen (secondary N) is 1. The molecule has 0 saturated heterocycles. The molecule has 0 fully saturated rings. The van der Waals surface area contributed by atoms with Gasteiger partial charge in [-0.15, -0.1) is 0 Å². The van der Waals surface area contributed by atoms with Crippen LogP contribution in [0, 0.1) is 0 Å². The van der Waals surface area contributed by atoms with Gasteiger partial charge in [0.15, 0.2) is 5.65 Å². The monoisotopic (exact) mass is 373 g/mol. The van der Waals surface area contributed by atoms with Crippen molar-refractivity contribution in [3.8, 4) is 11.3 Å². The number of hydrogen-bond donors (Lipinski definition) is 1. The molecule has 0 radical (unpaired) electrons. The van der Waals surface area contributed by atoms with Gasteiger partial charge in [-0.25, -0.2) is 9.50 Å². The van der Waals surface area contributed by atoms with E-state index in [2.05, 4.69) is 10.1 Å². The molecule has 1 aliphatic rings. The predicted molar refractivity (Wildman–Crippen MR) is 98.0 cm³/mol. The Bertz CT molecular complexity index is 1130. The fraction of sp³-hybridized carbons (Fsp3) is 0.294. The minimum Gasteiger partial charge on any atom is -0.289 e. The number of nitrogens with zero attached hydrogens (tertiary/aromatic N) is 4. The quantitative estimate of drug-likeness (QED) is 0.737. The van der Waals surface area contributed by atoms with E-state index in [1.54, 1.807) is 6.07 Å². The van der Waals surface area contributed by atoms with Crippen LogP contribution in [0.5, 0.6) is 0 Å². The van der Waals surface area contributed by atoms with Crippen molar-refractivity contribution in [2.24, 2.45) is 0 Å². The van der Waals surface area contributed by atoms with Crippen LogP contribution in [0.15, 0.2) is 41.2 Å². The Morgan fingerprint density at radius 3 is 2.62 bits per heavy atom. The largest absolute Gasteiger partial charge is 0.289 e. The zero-order valence-corrected chi connectivity index (χ0v) is 15.3. The van der Waals surface area contributed by atoms with Crippen molar-refractivity contribution in [3.63, 3.8) is 0 Å². The zero-order chi connectivity index (χ0) is 18.5. The van der Waals surface area contributed by atoms with Gasteiger partial charge in [0, 0.05) is 32.3 Å². The summed E-state index contributed by atoms with van der Waals surface area (Å²) in [5, 5.41) is 3.09. The second-order valence-corrected chi connectivity index (χ2v) is 8.59. The number of rotatable bonds is 3.